The van der Waals surface area contributed by atoms with Crippen LogP contribution in [0.25, 0.3) is 33.5 Å². The molecule has 0 spiro atoms. The van der Waals surface area contributed by atoms with Gasteiger partial charge in [-0.3, -0.25) is 4.79 Å². The molecule has 0 bridgehead atoms. The molecule has 0 N–H and O–H groups in total. The normalized spacial score (nSPS) is 11.6. The number of furan rings is 1. The van der Waals surface area contributed by atoms with Crippen molar-refractivity contribution >= 4 is 68.2 Å². The largest absolute Gasteiger partial charge is 0.490 e. The molecular weight excluding hydrogens is 661 g/mol. The van der Waals surface area contributed by atoms with E-state index in [1.165, 1.54) is 10.9 Å². The summed E-state index contributed by atoms with van der Waals surface area (Å²) in [6.45, 7) is 5.50. The van der Waals surface area contributed by atoms with Crippen LogP contribution in [0.3, 0.4) is 0 Å². The lowest BCUT2D eigenvalue weighted by Crippen LogP contribution is -2.20. The zero-order valence-corrected chi connectivity index (χ0v) is 25.3. The van der Waals surface area contributed by atoms with Crippen LogP contribution in [0, 0.1) is 3.57 Å². The van der Waals surface area contributed by atoms with Gasteiger partial charge in [0.15, 0.2) is 23.9 Å². The van der Waals surface area contributed by atoms with E-state index in [-0.39, 0.29) is 24.1 Å². The highest BCUT2D eigenvalue weighted by atomic mass is 127. The Bertz CT molecular complexity index is 1850. The first kappa shape index (κ1) is 28.6. The number of halogens is 2. The van der Waals surface area contributed by atoms with Gasteiger partial charge in [-0.15, -0.1) is 0 Å². The van der Waals surface area contributed by atoms with Crippen LogP contribution in [-0.2, 0) is 9.53 Å². The van der Waals surface area contributed by atoms with Crippen molar-refractivity contribution in [3.63, 3.8) is 0 Å². The third-order valence-corrected chi connectivity index (χ3v) is 6.84. The Kier molecular flexibility index (Phi) is 8.60. The molecule has 0 unspecified atom stereocenters. The number of hydrogen-bond donors (Lipinski definition) is 0. The summed E-state index contributed by atoms with van der Waals surface area (Å²) in [5, 5.41) is 6.28. The Morgan fingerprint density at radius 3 is 2.73 bits per heavy atom. The number of para-hydroxylation sites is 1. The number of nitrogens with zero attached hydrogens (tertiary/aromatic N) is 3. The number of aromatic nitrogens is 2. The Labute approximate surface area is 253 Å². The molecule has 0 saturated carbocycles. The van der Waals surface area contributed by atoms with Gasteiger partial charge in [-0.2, -0.15) is 9.78 Å². The van der Waals surface area contributed by atoms with Crippen molar-refractivity contribution in [3.8, 4) is 23.1 Å². The molecule has 0 aliphatic rings. The molecule has 5 aromatic rings. The molecule has 2 aromatic heterocycles. The maximum atomic E-state index is 13.6. The van der Waals surface area contributed by atoms with E-state index in [4.69, 9.17) is 35.2 Å². The molecule has 0 aliphatic carbocycles. The van der Waals surface area contributed by atoms with Crippen molar-refractivity contribution in [3.05, 3.63) is 85.2 Å². The van der Waals surface area contributed by atoms with E-state index in [0.29, 0.717) is 54.5 Å². The highest BCUT2D eigenvalue weighted by Crippen LogP contribution is 2.34. The van der Waals surface area contributed by atoms with Gasteiger partial charge >= 0.3 is 5.97 Å². The summed E-state index contributed by atoms with van der Waals surface area (Å²) in [6.07, 6.45) is 1.29. The highest BCUT2D eigenvalue weighted by molar-refractivity contribution is 14.1. The zero-order chi connectivity index (χ0) is 29.1. The molecular formula is C30H25ClIN3O6. The fourth-order valence-electron chi connectivity index (χ4n) is 4.13. The number of ether oxygens (including phenoxy) is 3. The maximum absolute atomic E-state index is 13.6. The molecule has 9 nitrogen and oxygen atoms in total. The minimum absolute atomic E-state index is 0.237. The first-order valence-electron chi connectivity index (χ1n) is 12.8. The predicted octanol–water partition coefficient (Wildman–Crippen LogP) is 6.68. The van der Waals surface area contributed by atoms with Crippen LogP contribution in [0.1, 0.15) is 26.3 Å². The molecule has 2 heterocycles. The molecule has 0 atom stereocenters. The Morgan fingerprint density at radius 1 is 1.15 bits per heavy atom. The molecule has 0 radical (unpaired) electrons. The van der Waals surface area contributed by atoms with E-state index in [1.807, 2.05) is 13.0 Å². The Balaban J connectivity index is 1.56. The van der Waals surface area contributed by atoms with Gasteiger partial charge in [-0.1, -0.05) is 23.7 Å². The van der Waals surface area contributed by atoms with Gasteiger partial charge in [0.25, 0.3) is 5.56 Å². The Hall–Kier alpha value is -3.90. The molecule has 41 heavy (non-hydrogen) atoms. The van der Waals surface area contributed by atoms with Crippen LogP contribution in [-0.4, -0.2) is 41.2 Å². The van der Waals surface area contributed by atoms with E-state index in [1.54, 1.807) is 68.4 Å². The smallest absolute Gasteiger partial charge is 0.344 e. The van der Waals surface area contributed by atoms with E-state index in [2.05, 4.69) is 27.7 Å². The van der Waals surface area contributed by atoms with E-state index < -0.39 is 5.97 Å². The number of hydrogen-bond acceptors (Lipinski definition) is 8. The summed E-state index contributed by atoms with van der Waals surface area (Å²) in [7, 11) is 0. The number of carbonyl (C=O) groups excluding carboxylic acids is 1. The summed E-state index contributed by atoms with van der Waals surface area (Å²) >= 11 is 8.26. The summed E-state index contributed by atoms with van der Waals surface area (Å²) < 4.78 is 24.6. The van der Waals surface area contributed by atoms with Gasteiger partial charge < -0.3 is 18.6 Å². The number of fused-ring (bicyclic) bond motifs is 2. The molecule has 210 valence electrons. The topological polar surface area (TPSA) is 105 Å². The predicted molar refractivity (Wildman–Crippen MR) is 166 cm³/mol. The summed E-state index contributed by atoms with van der Waals surface area (Å²) in [5.74, 6) is 0.963. The molecule has 0 fully saturated rings. The second kappa shape index (κ2) is 12.3. The van der Waals surface area contributed by atoms with Gasteiger partial charge in [-0.05, 0) is 97.5 Å². The number of esters is 1. The third-order valence-electron chi connectivity index (χ3n) is 5.81. The van der Waals surface area contributed by atoms with Crippen molar-refractivity contribution in [2.45, 2.75) is 26.9 Å². The van der Waals surface area contributed by atoms with Crippen molar-refractivity contribution < 1.29 is 23.4 Å². The lowest BCUT2D eigenvalue weighted by Gasteiger charge is -2.15. The number of carbonyl (C=O) groups is 1. The molecule has 0 amide bonds. The standard InChI is InChI=1S/C30H25ClIN3O6/c1-4-38-25-12-18(11-22(32)28(25)39-16-27(36)40-17(2)3)15-33-35-29(34-23-8-6-5-7-21(23)30(35)37)26-14-19-13-20(31)9-10-24(19)41-26/h5-15,17H,4,16H2,1-3H3. The van der Waals surface area contributed by atoms with Crippen LogP contribution in [0.15, 0.2) is 75.0 Å². The SMILES string of the molecule is CCOc1cc(C=Nn2c(-c3cc4cc(Cl)ccc4o3)nc3ccccc3c2=O)cc(I)c1OCC(=O)OC(C)C. The summed E-state index contributed by atoms with van der Waals surface area (Å²) in [4.78, 5) is 30.3. The van der Waals surface area contributed by atoms with Crippen LogP contribution >= 0.6 is 34.2 Å². The van der Waals surface area contributed by atoms with Crippen molar-refractivity contribution in [2.24, 2.45) is 5.10 Å². The van der Waals surface area contributed by atoms with Gasteiger partial charge in [0, 0.05) is 10.4 Å². The third kappa shape index (κ3) is 6.38. The summed E-state index contributed by atoms with van der Waals surface area (Å²) in [6, 6.07) is 17.6. The monoisotopic (exact) mass is 685 g/mol. The van der Waals surface area contributed by atoms with Gasteiger partial charge in [0.1, 0.15) is 5.58 Å². The average Bonchev–Trinajstić information content (AvgIpc) is 3.35. The fourth-order valence-corrected chi connectivity index (χ4v) is 5.09. The maximum Gasteiger partial charge on any atom is 0.344 e. The highest BCUT2D eigenvalue weighted by Gasteiger charge is 2.18. The second-order valence-corrected chi connectivity index (χ2v) is 10.8. The zero-order valence-electron chi connectivity index (χ0n) is 22.4. The minimum Gasteiger partial charge on any atom is -0.490 e. The van der Waals surface area contributed by atoms with Crippen molar-refractivity contribution in [1.82, 2.24) is 9.66 Å². The first-order valence-corrected chi connectivity index (χ1v) is 14.2. The fraction of sp³-hybridized carbons (Fsp3) is 0.200. The molecule has 0 aliphatic heterocycles. The van der Waals surface area contributed by atoms with Crippen molar-refractivity contribution in [1.29, 1.82) is 0 Å². The van der Waals surface area contributed by atoms with Crippen LogP contribution < -0.4 is 15.0 Å². The van der Waals surface area contributed by atoms with Gasteiger partial charge in [-0.25, -0.2) is 9.78 Å². The van der Waals surface area contributed by atoms with Crippen LogP contribution in [0.5, 0.6) is 11.5 Å². The van der Waals surface area contributed by atoms with Gasteiger partial charge in [0.05, 0.1) is 33.4 Å². The van der Waals surface area contributed by atoms with E-state index in [0.717, 1.165) is 5.39 Å². The lowest BCUT2D eigenvalue weighted by atomic mass is 10.2. The van der Waals surface area contributed by atoms with Crippen LogP contribution in [0.2, 0.25) is 5.02 Å². The van der Waals surface area contributed by atoms with E-state index in [9.17, 15) is 9.59 Å². The first-order chi connectivity index (χ1) is 19.7. The minimum atomic E-state index is -0.479. The van der Waals surface area contributed by atoms with Crippen molar-refractivity contribution in [2.75, 3.05) is 13.2 Å². The van der Waals surface area contributed by atoms with Gasteiger partial charge in [0.2, 0.25) is 5.82 Å². The quantitative estimate of drug-likeness (QED) is 0.0969. The second-order valence-electron chi connectivity index (χ2n) is 9.20. The Morgan fingerprint density at radius 2 is 1.95 bits per heavy atom. The molecule has 0 saturated heterocycles. The van der Waals surface area contributed by atoms with E-state index >= 15 is 0 Å². The molecule has 3 aromatic carbocycles. The summed E-state index contributed by atoms with van der Waals surface area (Å²) in [5.41, 5.74) is 1.40. The van der Waals surface area contributed by atoms with Crippen LogP contribution in [0.4, 0.5) is 0 Å². The number of benzene rings is 3. The average molecular weight is 686 g/mol. The lowest BCUT2D eigenvalue weighted by molar-refractivity contribution is -0.149. The molecule has 11 heteroatoms. The number of rotatable bonds is 9. The molecule has 5 rings (SSSR count).